The summed E-state index contributed by atoms with van der Waals surface area (Å²) in [7, 11) is 0. The smallest absolute Gasteiger partial charge is 0.267 e. The highest BCUT2D eigenvalue weighted by molar-refractivity contribution is 7.99. The molecule has 1 saturated heterocycles. The summed E-state index contributed by atoms with van der Waals surface area (Å²) in [5, 5.41) is 1.92. The predicted molar refractivity (Wildman–Crippen MR) is 142 cm³/mol. The maximum atomic E-state index is 14.0. The number of hydrogen-bond acceptors (Lipinski definition) is 5. The van der Waals surface area contributed by atoms with Crippen molar-refractivity contribution in [3.63, 3.8) is 0 Å². The first kappa shape index (κ1) is 23.9. The highest BCUT2D eigenvalue weighted by atomic mass is 35.5. The van der Waals surface area contributed by atoms with Crippen LogP contribution >= 0.6 is 34.7 Å². The fourth-order valence-electron chi connectivity index (χ4n) is 5.42. The average molecular weight is 516 g/mol. The summed E-state index contributed by atoms with van der Waals surface area (Å²) in [4.78, 5) is 36.1. The number of rotatable bonds is 4. The van der Waals surface area contributed by atoms with Gasteiger partial charge in [0.1, 0.15) is 4.83 Å². The first-order chi connectivity index (χ1) is 16.3. The van der Waals surface area contributed by atoms with Gasteiger partial charge < -0.3 is 4.90 Å². The molecule has 0 radical (unpaired) electrons. The number of halogens is 1. The molecular weight excluding hydrogens is 486 g/mol. The van der Waals surface area contributed by atoms with Crippen LogP contribution in [-0.2, 0) is 17.6 Å². The molecule has 3 heterocycles. The summed E-state index contributed by atoms with van der Waals surface area (Å²) in [6, 6.07) is 5.61. The van der Waals surface area contributed by atoms with Crippen LogP contribution in [0.5, 0.6) is 0 Å². The summed E-state index contributed by atoms with van der Waals surface area (Å²) in [5.74, 6) is 1.40. The van der Waals surface area contributed by atoms with Crippen molar-refractivity contribution >= 4 is 50.8 Å². The third-order valence-corrected chi connectivity index (χ3v) is 9.50. The number of amides is 1. The van der Waals surface area contributed by atoms with Gasteiger partial charge in [-0.3, -0.25) is 14.2 Å². The van der Waals surface area contributed by atoms with Crippen LogP contribution in [0.25, 0.3) is 15.9 Å². The number of thioether (sulfide) groups is 1. The number of piperidine rings is 1. The van der Waals surface area contributed by atoms with Crippen LogP contribution in [0.1, 0.15) is 49.1 Å². The lowest BCUT2D eigenvalue weighted by Gasteiger charge is -2.35. The maximum absolute atomic E-state index is 14.0. The molecule has 1 amide bonds. The van der Waals surface area contributed by atoms with E-state index in [1.165, 1.54) is 22.2 Å². The zero-order valence-electron chi connectivity index (χ0n) is 19.9. The number of nitrogens with zero attached hydrogens (tertiary/aromatic N) is 3. The first-order valence-electron chi connectivity index (χ1n) is 12.1. The minimum absolute atomic E-state index is 0.0510. The van der Waals surface area contributed by atoms with Crippen LogP contribution in [0.15, 0.2) is 28.2 Å². The van der Waals surface area contributed by atoms with E-state index >= 15 is 0 Å². The molecule has 34 heavy (non-hydrogen) atoms. The number of likely N-dealkylation sites (tertiary alicyclic amines) is 1. The van der Waals surface area contributed by atoms with Crippen LogP contribution in [0.4, 0.5) is 0 Å². The van der Waals surface area contributed by atoms with Crippen LogP contribution in [-0.4, -0.2) is 39.2 Å². The fourth-order valence-corrected chi connectivity index (χ4v) is 7.80. The number of thiophene rings is 1. The number of hydrogen-bond donors (Lipinski definition) is 0. The Balaban J connectivity index is 1.57. The second-order valence-corrected chi connectivity index (χ2v) is 12.3. The zero-order chi connectivity index (χ0) is 24.0. The molecule has 1 fully saturated rings. The van der Waals surface area contributed by atoms with Crippen LogP contribution < -0.4 is 5.56 Å². The van der Waals surface area contributed by atoms with E-state index in [1.807, 2.05) is 30.0 Å². The summed E-state index contributed by atoms with van der Waals surface area (Å²) < 4.78 is 1.69. The summed E-state index contributed by atoms with van der Waals surface area (Å²) in [6.07, 6.45) is 5.36. The van der Waals surface area contributed by atoms with Gasteiger partial charge >= 0.3 is 0 Å². The minimum Gasteiger partial charge on any atom is -0.341 e. The van der Waals surface area contributed by atoms with Gasteiger partial charge in [-0.2, -0.15) is 0 Å². The number of fused-ring (bicyclic) bond motifs is 3. The van der Waals surface area contributed by atoms with E-state index in [2.05, 4.69) is 13.8 Å². The normalized spacial score (nSPS) is 20.5. The number of carbonyl (C=O) groups is 1. The van der Waals surface area contributed by atoms with Gasteiger partial charge in [0.2, 0.25) is 5.91 Å². The Morgan fingerprint density at radius 2 is 1.94 bits per heavy atom. The van der Waals surface area contributed by atoms with E-state index in [-0.39, 0.29) is 17.2 Å². The van der Waals surface area contributed by atoms with Gasteiger partial charge in [0.05, 0.1) is 16.8 Å². The molecule has 2 atom stereocenters. The summed E-state index contributed by atoms with van der Waals surface area (Å²) in [5.41, 5.74) is 2.69. The highest BCUT2D eigenvalue weighted by Gasteiger charge is 2.27. The summed E-state index contributed by atoms with van der Waals surface area (Å²) >= 11 is 9.44. The number of carbonyl (C=O) groups excluding carboxylic acids is 1. The van der Waals surface area contributed by atoms with Gasteiger partial charge in [-0.15, -0.1) is 11.3 Å². The lowest BCUT2D eigenvalue weighted by Crippen LogP contribution is -2.43. The molecule has 0 saturated carbocycles. The Kier molecular flexibility index (Phi) is 6.79. The van der Waals surface area contributed by atoms with Gasteiger partial charge in [0.15, 0.2) is 5.16 Å². The van der Waals surface area contributed by atoms with Crippen molar-refractivity contribution in [2.75, 3.05) is 18.8 Å². The van der Waals surface area contributed by atoms with E-state index in [4.69, 9.17) is 16.6 Å². The van der Waals surface area contributed by atoms with E-state index in [0.29, 0.717) is 22.0 Å². The van der Waals surface area contributed by atoms with Gasteiger partial charge in [0.25, 0.3) is 5.56 Å². The Bertz CT molecular complexity index is 1310. The van der Waals surface area contributed by atoms with Gasteiger partial charge in [-0.1, -0.05) is 43.3 Å². The van der Waals surface area contributed by atoms with Crippen molar-refractivity contribution in [3.8, 4) is 5.69 Å². The van der Waals surface area contributed by atoms with Gasteiger partial charge in [-0.25, -0.2) is 4.98 Å². The molecule has 0 spiro atoms. The summed E-state index contributed by atoms with van der Waals surface area (Å²) in [6.45, 7) is 7.93. The van der Waals surface area contributed by atoms with E-state index < -0.39 is 0 Å². The Morgan fingerprint density at radius 1 is 1.21 bits per heavy atom. The molecule has 2 aliphatic rings. The van der Waals surface area contributed by atoms with Crippen LogP contribution in [0, 0.1) is 18.8 Å². The van der Waals surface area contributed by atoms with Crippen molar-refractivity contribution in [3.05, 3.63) is 49.6 Å². The second-order valence-electron chi connectivity index (χ2n) is 9.84. The molecule has 5 rings (SSSR count). The van der Waals surface area contributed by atoms with Crippen molar-refractivity contribution < 1.29 is 4.79 Å². The largest absolute Gasteiger partial charge is 0.341 e. The first-order valence-corrected chi connectivity index (χ1v) is 14.2. The Morgan fingerprint density at radius 3 is 2.71 bits per heavy atom. The zero-order valence-corrected chi connectivity index (χ0v) is 22.3. The molecule has 0 bridgehead atoms. The second kappa shape index (κ2) is 9.67. The molecule has 1 aliphatic heterocycles. The lowest BCUT2D eigenvalue weighted by molar-refractivity contribution is -0.130. The van der Waals surface area contributed by atoms with Crippen molar-refractivity contribution in [1.82, 2.24) is 14.5 Å². The topological polar surface area (TPSA) is 55.2 Å². The number of benzene rings is 1. The van der Waals surface area contributed by atoms with E-state index in [9.17, 15) is 9.59 Å². The van der Waals surface area contributed by atoms with Crippen molar-refractivity contribution in [2.24, 2.45) is 11.8 Å². The molecule has 0 N–H and O–H groups in total. The Hall–Kier alpha value is -1.83. The van der Waals surface area contributed by atoms with Crippen LogP contribution in [0.2, 0.25) is 5.02 Å². The third-order valence-electron chi connectivity index (χ3n) is 6.98. The molecular formula is C26H30ClN3O2S2. The van der Waals surface area contributed by atoms with Crippen LogP contribution in [0.3, 0.4) is 0 Å². The monoisotopic (exact) mass is 515 g/mol. The average Bonchev–Trinajstić information content (AvgIpc) is 3.18. The van der Waals surface area contributed by atoms with Gasteiger partial charge in [0, 0.05) is 23.0 Å². The SMILES string of the molecule is Cc1c(Cl)cccc1-n1c(SCC(=O)N2CC(C)CC(C)C2)nc2sc3c(c2c1=O)CCCC3. The van der Waals surface area contributed by atoms with E-state index in [0.717, 1.165) is 66.7 Å². The number of aryl methyl sites for hydroxylation is 2. The molecule has 1 aliphatic carbocycles. The molecule has 2 aromatic heterocycles. The maximum Gasteiger partial charge on any atom is 0.267 e. The van der Waals surface area contributed by atoms with Crippen molar-refractivity contribution in [1.29, 1.82) is 0 Å². The molecule has 2 unspecified atom stereocenters. The quantitative estimate of drug-likeness (QED) is 0.321. The third kappa shape index (κ3) is 4.42. The number of aromatic nitrogens is 2. The Labute approximate surface area is 213 Å². The molecule has 3 aromatic rings. The minimum atomic E-state index is -0.0510. The molecule has 180 valence electrons. The molecule has 8 heteroatoms. The highest BCUT2D eigenvalue weighted by Crippen LogP contribution is 2.36. The molecule has 1 aromatic carbocycles. The standard InChI is InChI=1S/C26H30ClN3O2S2/c1-15-11-16(2)13-29(12-15)22(31)14-33-26-28-24-23(18-7-4-5-10-21(18)34-24)25(32)30(26)20-9-6-8-19(27)17(20)3/h6,8-9,15-16H,4-5,7,10-14H2,1-3H3. The van der Waals surface area contributed by atoms with E-state index in [1.54, 1.807) is 15.9 Å². The van der Waals surface area contributed by atoms with Crippen molar-refractivity contribution in [2.45, 2.75) is 58.0 Å². The fraction of sp³-hybridized carbons (Fsp3) is 0.500. The predicted octanol–water partition coefficient (Wildman–Crippen LogP) is 5.88. The van der Waals surface area contributed by atoms with Gasteiger partial charge in [-0.05, 0) is 74.1 Å². The molecule has 5 nitrogen and oxygen atoms in total. The lowest BCUT2D eigenvalue weighted by atomic mass is 9.92.